The van der Waals surface area contributed by atoms with Gasteiger partial charge in [-0.2, -0.15) is 0 Å². The number of hydrogen-bond acceptors (Lipinski definition) is 6. The fourth-order valence-corrected chi connectivity index (χ4v) is 3.60. The van der Waals surface area contributed by atoms with Gasteiger partial charge in [-0.25, -0.2) is 4.98 Å². The van der Waals surface area contributed by atoms with Crippen molar-refractivity contribution in [2.24, 2.45) is 0 Å². The number of anilines is 2. The standard InChI is InChI=1S/C16H16N4O2S/c1-7-5-6-10(22-7)12-11-8(3-2-4-9(11)21)18-15-13(12)14(17)19-16(23)20-15/h5-6,12H,2-4H2,1H3,(H4,17,18,19,20,23). The number of aromatic amines is 1. The lowest BCUT2D eigenvalue weighted by atomic mass is 9.78. The van der Waals surface area contributed by atoms with Crippen LogP contribution in [0.2, 0.25) is 0 Å². The summed E-state index contributed by atoms with van der Waals surface area (Å²) in [5.74, 6) is 2.30. The van der Waals surface area contributed by atoms with E-state index in [0.717, 1.165) is 35.4 Å². The molecule has 2 aromatic heterocycles. The lowest BCUT2D eigenvalue weighted by Gasteiger charge is -2.32. The summed E-state index contributed by atoms with van der Waals surface area (Å²) in [7, 11) is 0. The van der Waals surface area contributed by atoms with Crippen LogP contribution in [0.5, 0.6) is 0 Å². The Kier molecular flexibility index (Phi) is 3.12. The average Bonchev–Trinajstić information content (AvgIpc) is 2.91. The summed E-state index contributed by atoms with van der Waals surface area (Å²) in [5.41, 5.74) is 8.53. The number of nitrogens with one attached hydrogen (secondary N) is 2. The summed E-state index contributed by atoms with van der Waals surface area (Å²) in [4.78, 5) is 19.8. The maximum absolute atomic E-state index is 12.6. The minimum absolute atomic E-state index is 0.130. The van der Waals surface area contributed by atoms with Gasteiger partial charge in [0.25, 0.3) is 0 Å². The van der Waals surface area contributed by atoms with Gasteiger partial charge in [-0.15, -0.1) is 0 Å². The van der Waals surface area contributed by atoms with Gasteiger partial charge in [0, 0.05) is 17.7 Å². The summed E-state index contributed by atoms with van der Waals surface area (Å²) < 4.78 is 6.14. The first-order valence-electron chi connectivity index (χ1n) is 7.54. The van der Waals surface area contributed by atoms with Gasteiger partial charge < -0.3 is 20.5 Å². The predicted molar refractivity (Wildman–Crippen MR) is 88.6 cm³/mol. The van der Waals surface area contributed by atoms with Gasteiger partial charge in [0.15, 0.2) is 10.6 Å². The van der Waals surface area contributed by atoms with Crippen molar-refractivity contribution in [1.29, 1.82) is 0 Å². The molecule has 23 heavy (non-hydrogen) atoms. The number of carbonyl (C=O) groups is 1. The molecule has 4 rings (SSSR count). The number of allylic oxidation sites excluding steroid dienone is 2. The van der Waals surface area contributed by atoms with E-state index in [4.69, 9.17) is 22.4 Å². The molecular weight excluding hydrogens is 312 g/mol. The highest BCUT2D eigenvalue weighted by Crippen LogP contribution is 2.46. The van der Waals surface area contributed by atoms with Gasteiger partial charge in [-0.1, -0.05) is 0 Å². The zero-order valence-electron chi connectivity index (χ0n) is 12.6. The second-order valence-electron chi connectivity index (χ2n) is 5.89. The first-order valence-corrected chi connectivity index (χ1v) is 7.94. The van der Waals surface area contributed by atoms with E-state index in [-0.39, 0.29) is 11.7 Å². The summed E-state index contributed by atoms with van der Waals surface area (Å²) in [6, 6.07) is 3.78. The highest BCUT2D eigenvalue weighted by Gasteiger charge is 2.38. The number of aryl methyl sites for hydroxylation is 1. The maximum atomic E-state index is 12.6. The molecule has 1 aliphatic carbocycles. The van der Waals surface area contributed by atoms with Gasteiger partial charge in [-0.3, -0.25) is 4.79 Å². The van der Waals surface area contributed by atoms with Crippen molar-refractivity contribution in [3.8, 4) is 0 Å². The van der Waals surface area contributed by atoms with E-state index in [1.54, 1.807) is 0 Å². The molecule has 0 radical (unpaired) electrons. The highest BCUT2D eigenvalue weighted by atomic mass is 32.1. The Morgan fingerprint density at radius 1 is 1.39 bits per heavy atom. The van der Waals surface area contributed by atoms with E-state index >= 15 is 0 Å². The third kappa shape index (κ3) is 2.19. The number of nitrogen functional groups attached to an aromatic ring is 1. The second-order valence-corrected chi connectivity index (χ2v) is 6.28. The monoisotopic (exact) mass is 328 g/mol. The molecule has 2 aromatic rings. The SMILES string of the molecule is Cc1ccc(C2C3=C(CCCC3=O)Nc3nc(=S)[nH]c(N)c32)o1. The maximum Gasteiger partial charge on any atom is 0.200 e. The van der Waals surface area contributed by atoms with Crippen molar-refractivity contribution in [3.05, 3.63) is 45.3 Å². The zero-order valence-corrected chi connectivity index (χ0v) is 13.4. The number of carbonyl (C=O) groups excluding carboxylic acids is 1. The molecule has 0 saturated carbocycles. The molecule has 0 spiro atoms. The quantitative estimate of drug-likeness (QED) is 0.696. The topological polar surface area (TPSA) is 96.9 Å². The number of hydrogen-bond donors (Lipinski definition) is 3. The first-order chi connectivity index (χ1) is 11.0. The van der Waals surface area contributed by atoms with E-state index < -0.39 is 0 Å². The van der Waals surface area contributed by atoms with Crippen molar-refractivity contribution in [3.63, 3.8) is 0 Å². The Hall–Kier alpha value is -2.41. The fourth-order valence-electron chi connectivity index (χ4n) is 3.40. The average molecular weight is 328 g/mol. The van der Waals surface area contributed by atoms with Crippen LogP contribution in [0, 0.1) is 11.7 Å². The Morgan fingerprint density at radius 3 is 2.96 bits per heavy atom. The van der Waals surface area contributed by atoms with E-state index in [0.29, 0.717) is 28.6 Å². The van der Waals surface area contributed by atoms with Crippen molar-refractivity contribution in [2.45, 2.75) is 32.1 Å². The van der Waals surface area contributed by atoms with E-state index in [9.17, 15) is 4.79 Å². The van der Waals surface area contributed by atoms with Gasteiger partial charge in [0.1, 0.15) is 23.2 Å². The normalized spacial score (nSPS) is 20.0. The first kappa shape index (κ1) is 14.2. The van der Waals surface area contributed by atoms with Crippen LogP contribution in [0.15, 0.2) is 27.8 Å². The van der Waals surface area contributed by atoms with Crippen LogP contribution in [0.25, 0.3) is 0 Å². The van der Waals surface area contributed by atoms with E-state index in [1.807, 2.05) is 19.1 Å². The molecule has 1 atom stereocenters. The molecule has 4 N–H and O–H groups in total. The Morgan fingerprint density at radius 2 is 2.22 bits per heavy atom. The van der Waals surface area contributed by atoms with Crippen LogP contribution in [0.3, 0.4) is 0 Å². The van der Waals surface area contributed by atoms with E-state index in [1.165, 1.54) is 0 Å². The Bertz CT molecular complexity index is 909. The lowest BCUT2D eigenvalue weighted by Crippen LogP contribution is -2.28. The molecule has 1 aliphatic heterocycles. The molecule has 7 heteroatoms. The highest BCUT2D eigenvalue weighted by molar-refractivity contribution is 7.71. The van der Waals surface area contributed by atoms with Crippen LogP contribution in [0.1, 0.15) is 42.3 Å². The van der Waals surface area contributed by atoms with Gasteiger partial charge in [-0.05, 0) is 44.1 Å². The van der Waals surface area contributed by atoms with Gasteiger partial charge in [0.2, 0.25) is 0 Å². The number of rotatable bonds is 1. The van der Waals surface area contributed by atoms with Gasteiger partial charge in [0.05, 0.1) is 11.5 Å². The number of fused-ring (bicyclic) bond motifs is 1. The van der Waals surface area contributed by atoms with Crippen LogP contribution in [0.4, 0.5) is 11.6 Å². The van der Waals surface area contributed by atoms with Crippen molar-refractivity contribution in [1.82, 2.24) is 9.97 Å². The largest absolute Gasteiger partial charge is 0.465 e. The van der Waals surface area contributed by atoms with Crippen molar-refractivity contribution >= 4 is 29.6 Å². The van der Waals surface area contributed by atoms with Crippen LogP contribution < -0.4 is 11.1 Å². The zero-order chi connectivity index (χ0) is 16.1. The molecule has 0 fully saturated rings. The van der Waals surface area contributed by atoms with Crippen LogP contribution in [-0.4, -0.2) is 15.8 Å². The number of furan rings is 1. The van der Waals surface area contributed by atoms with E-state index in [2.05, 4.69) is 15.3 Å². The number of nitrogens with zero attached hydrogens (tertiary/aromatic N) is 1. The Balaban J connectivity index is 2.00. The fraction of sp³-hybridized carbons (Fsp3) is 0.312. The minimum Gasteiger partial charge on any atom is -0.465 e. The molecule has 118 valence electrons. The molecule has 2 aliphatic rings. The number of ketones is 1. The molecule has 0 saturated heterocycles. The third-order valence-electron chi connectivity index (χ3n) is 4.35. The second kappa shape index (κ2) is 5.06. The molecule has 1 unspecified atom stereocenters. The summed E-state index contributed by atoms with van der Waals surface area (Å²) in [5, 5.41) is 3.26. The Labute approximate surface area is 137 Å². The van der Waals surface area contributed by atoms with Crippen LogP contribution in [-0.2, 0) is 4.79 Å². The minimum atomic E-state index is -0.345. The van der Waals surface area contributed by atoms with Crippen LogP contribution >= 0.6 is 12.2 Å². The van der Waals surface area contributed by atoms with Crippen molar-refractivity contribution in [2.75, 3.05) is 11.1 Å². The predicted octanol–water partition coefficient (Wildman–Crippen LogP) is 3.19. The molecule has 0 amide bonds. The number of nitrogens with two attached hydrogens (primary N) is 1. The summed E-state index contributed by atoms with van der Waals surface area (Å²) >= 11 is 5.12. The molecule has 0 bridgehead atoms. The number of Topliss-reactive ketones (excluding diaryl/α,β-unsaturated/α-hetero) is 1. The summed E-state index contributed by atoms with van der Waals surface area (Å²) in [6.45, 7) is 1.88. The molecular formula is C16H16N4O2S. The third-order valence-corrected chi connectivity index (χ3v) is 4.54. The number of aromatic nitrogens is 2. The van der Waals surface area contributed by atoms with Crippen molar-refractivity contribution < 1.29 is 9.21 Å². The molecule has 6 nitrogen and oxygen atoms in total. The van der Waals surface area contributed by atoms with Gasteiger partial charge >= 0.3 is 0 Å². The summed E-state index contributed by atoms with van der Waals surface area (Å²) in [6.07, 6.45) is 2.19. The lowest BCUT2D eigenvalue weighted by molar-refractivity contribution is -0.116. The smallest absolute Gasteiger partial charge is 0.200 e. The number of H-pyrrole nitrogens is 1. The molecule has 3 heterocycles. The molecule has 0 aromatic carbocycles.